The van der Waals surface area contributed by atoms with Crippen molar-refractivity contribution in [1.29, 1.82) is 5.26 Å². The van der Waals surface area contributed by atoms with Gasteiger partial charge in [0, 0.05) is 30.3 Å². The highest BCUT2D eigenvalue weighted by atomic mass is 16.6. The number of hydrogen-bond donors (Lipinski definition) is 2. The molecular formula is C19H17N3O4. The number of ether oxygens (including phenoxy) is 2. The molecule has 0 saturated heterocycles. The molecule has 1 aliphatic heterocycles. The fourth-order valence-corrected chi connectivity index (χ4v) is 2.47. The topological polar surface area (TPSA) is 100 Å². The van der Waals surface area contributed by atoms with E-state index in [4.69, 9.17) is 14.7 Å². The Bertz CT molecular complexity index is 873. The number of hydrogen-bond acceptors (Lipinski definition) is 5. The molecule has 3 rings (SSSR count). The quantitative estimate of drug-likeness (QED) is 0.859. The van der Waals surface area contributed by atoms with Crippen molar-refractivity contribution in [1.82, 2.24) is 5.32 Å². The molecule has 0 fully saturated rings. The first-order valence-corrected chi connectivity index (χ1v) is 8.13. The summed E-state index contributed by atoms with van der Waals surface area (Å²) in [5.41, 5.74) is 1.40. The molecule has 0 radical (unpaired) electrons. The van der Waals surface area contributed by atoms with Crippen molar-refractivity contribution in [2.24, 2.45) is 0 Å². The number of carbonyl (C=O) groups excluding carboxylic acids is 2. The summed E-state index contributed by atoms with van der Waals surface area (Å²) in [6, 6.07) is 13.6. The summed E-state index contributed by atoms with van der Waals surface area (Å²) in [6.45, 7) is 1.17. The van der Waals surface area contributed by atoms with Crippen LogP contribution in [-0.2, 0) is 4.79 Å². The Kier molecular flexibility index (Phi) is 5.34. The number of amides is 2. The second-order valence-electron chi connectivity index (χ2n) is 5.61. The molecule has 0 unspecified atom stereocenters. The predicted octanol–water partition coefficient (Wildman–Crippen LogP) is 2.09. The molecule has 7 nitrogen and oxygen atoms in total. The van der Waals surface area contributed by atoms with Gasteiger partial charge in [0.05, 0.1) is 11.6 Å². The van der Waals surface area contributed by atoms with Crippen LogP contribution in [0.15, 0.2) is 42.5 Å². The smallest absolute Gasteiger partial charge is 0.251 e. The van der Waals surface area contributed by atoms with Crippen LogP contribution in [0.5, 0.6) is 11.5 Å². The zero-order valence-corrected chi connectivity index (χ0v) is 14.0. The van der Waals surface area contributed by atoms with E-state index in [-0.39, 0.29) is 24.8 Å². The van der Waals surface area contributed by atoms with E-state index >= 15 is 0 Å². The molecule has 2 aromatic carbocycles. The number of rotatable bonds is 5. The molecule has 1 heterocycles. The first kappa shape index (κ1) is 17.3. The SMILES string of the molecule is N#Cc1cccc(C(=O)NCCC(=O)Nc2ccc3c(c2)OCCO3)c1. The molecule has 26 heavy (non-hydrogen) atoms. The number of nitrogens with one attached hydrogen (secondary N) is 2. The van der Waals surface area contributed by atoms with E-state index in [1.54, 1.807) is 36.4 Å². The van der Waals surface area contributed by atoms with Crippen molar-refractivity contribution in [2.45, 2.75) is 6.42 Å². The van der Waals surface area contributed by atoms with Crippen LogP contribution in [0, 0.1) is 11.3 Å². The lowest BCUT2D eigenvalue weighted by molar-refractivity contribution is -0.116. The minimum absolute atomic E-state index is 0.123. The number of carbonyl (C=O) groups is 2. The Hall–Kier alpha value is -3.53. The Morgan fingerprint density at radius 1 is 1.08 bits per heavy atom. The van der Waals surface area contributed by atoms with Crippen LogP contribution < -0.4 is 20.1 Å². The normalized spacial score (nSPS) is 12.0. The Morgan fingerprint density at radius 2 is 1.88 bits per heavy atom. The van der Waals surface area contributed by atoms with Crippen molar-refractivity contribution in [3.8, 4) is 17.6 Å². The van der Waals surface area contributed by atoms with Gasteiger partial charge in [-0.3, -0.25) is 9.59 Å². The number of benzene rings is 2. The van der Waals surface area contributed by atoms with Gasteiger partial charge in [-0.05, 0) is 30.3 Å². The van der Waals surface area contributed by atoms with Crippen LogP contribution >= 0.6 is 0 Å². The van der Waals surface area contributed by atoms with Crippen molar-refractivity contribution in [2.75, 3.05) is 25.1 Å². The summed E-state index contributed by atoms with van der Waals surface area (Å²) in [4.78, 5) is 24.1. The zero-order chi connectivity index (χ0) is 18.4. The summed E-state index contributed by atoms with van der Waals surface area (Å²) in [6.07, 6.45) is 0.123. The standard InChI is InChI=1S/C19H17N3O4/c20-12-13-2-1-3-14(10-13)19(24)21-7-6-18(23)22-15-4-5-16-17(11-15)26-9-8-25-16/h1-5,10-11H,6-9H2,(H,21,24)(H,22,23). The predicted molar refractivity (Wildman–Crippen MR) is 94.2 cm³/mol. The summed E-state index contributed by atoms with van der Waals surface area (Å²) in [7, 11) is 0. The summed E-state index contributed by atoms with van der Waals surface area (Å²) >= 11 is 0. The average molecular weight is 351 g/mol. The van der Waals surface area contributed by atoms with E-state index in [0.717, 1.165) is 0 Å². The molecule has 2 aromatic rings. The van der Waals surface area contributed by atoms with Crippen molar-refractivity contribution in [3.63, 3.8) is 0 Å². The fourth-order valence-electron chi connectivity index (χ4n) is 2.47. The van der Waals surface area contributed by atoms with Crippen LogP contribution in [0.3, 0.4) is 0 Å². The van der Waals surface area contributed by atoms with Gasteiger partial charge in [-0.15, -0.1) is 0 Å². The lowest BCUT2D eigenvalue weighted by atomic mass is 10.1. The third kappa shape index (κ3) is 4.30. The molecule has 0 atom stereocenters. The molecule has 0 spiro atoms. The third-order valence-corrected chi connectivity index (χ3v) is 3.72. The minimum atomic E-state index is -0.325. The fraction of sp³-hybridized carbons (Fsp3) is 0.211. The molecule has 0 bridgehead atoms. The van der Waals surface area contributed by atoms with Crippen LogP contribution in [0.4, 0.5) is 5.69 Å². The molecule has 1 aliphatic rings. The first-order chi connectivity index (χ1) is 12.7. The van der Waals surface area contributed by atoms with Crippen LogP contribution in [0.2, 0.25) is 0 Å². The summed E-state index contributed by atoms with van der Waals surface area (Å²) in [5.74, 6) is 0.697. The number of anilines is 1. The molecule has 7 heteroatoms. The number of nitriles is 1. The van der Waals surface area contributed by atoms with Gasteiger partial charge < -0.3 is 20.1 Å². The van der Waals surface area contributed by atoms with Crippen molar-refractivity contribution in [3.05, 3.63) is 53.6 Å². The average Bonchev–Trinajstić information content (AvgIpc) is 2.67. The molecule has 0 aliphatic carbocycles. The van der Waals surface area contributed by atoms with Gasteiger partial charge in [0.2, 0.25) is 5.91 Å². The minimum Gasteiger partial charge on any atom is -0.486 e. The van der Waals surface area contributed by atoms with Crippen LogP contribution in [-0.4, -0.2) is 31.6 Å². The van der Waals surface area contributed by atoms with E-state index in [9.17, 15) is 9.59 Å². The largest absolute Gasteiger partial charge is 0.486 e. The van der Waals surface area contributed by atoms with Crippen molar-refractivity contribution >= 4 is 17.5 Å². The highest BCUT2D eigenvalue weighted by Crippen LogP contribution is 2.32. The van der Waals surface area contributed by atoms with Gasteiger partial charge in [-0.1, -0.05) is 6.07 Å². The Labute approximate surface area is 150 Å². The van der Waals surface area contributed by atoms with Crippen molar-refractivity contribution < 1.29 is 19.1 Å². The number of fused-ring (bicyclic) bond motifs is 1. The lowest BCUT2D eigenvalue weighted by Gasteiger charge is -2.19. The van der Waals surface area contributed by atoms with E-state index in [0.29, 0.717) is 41.5 Å². The van der Waals surface area contributed by atoms with Gasteiger partial charge in [0.15, 0.2) is 11.5 Å². The van der Waals surface area contributed by atoms with E-state index in [2.05, 4.69) is 10.6 Å². The maximum Gasteiger partial charge on any atom is 0.251 e. The van der Waals surface area contributed by atoms with Gasteiger partial charge in [-0.25, -0.2) is 0 Å². The maximum absolute atomic E-state index is 12.0. The Morgan fingerprint density at radius 3 is 2.69 bits per heavy atom. The van der Waals surface area contributed by atoms with E-state index < -0.39 is 0 Å². The molecule has 2 amide bonds. The second kappa shape index (κ2) is 8.03. The number of nitrogens with zero attached hydrogens (tertiary/aromatic N) is 1. The lowest BCUT2D eigenvalue weighted by Crippen LogP contribution is -2.27. The molecule has 132 valence electrons. The molecule has 2 N–H and O–H groups in total. The highest BCUT2D eigenvalue weighted by molar-refractivity contribution is 5.95. The third-order valence-electron chi connectivity index (χ3n) is 3.72. The zero-order valence-electron chi connectivity index (χ0n) is 14.0. The second-order valence-corrected chi connectivity index (χ2v) is 5.61. The molecular weight excluding hydrogens is 334 g/mol. The van der Waals surface area contributed by atoms with Gasteiger partial charge in [0.1, 0.15) is 13.2 Å². The molecule has 0 aromatic heterocycles. The van der Waals surface area contributed by atoms with Crippen LogP contribution in [0.1, 0.15) is 22.3 Å². The van der Waals surface area contributed by atoms with Gasteiger partial charge in [-0.2, -0.15) is 5.26 Å². The van der Waals surface area contributed by atoms with Gasteiger partial charge in [0.25, 0.3) is 5.91 Å². The van der Waals surface area contributed by atoms with E-state index in [1.165, 1.54) is 6.07 Å². The van der Waals surface area contributed by atoms with Crippen LogP contribution in [0.25, 0.3) is 0 Å². The summed E-state index contributed by atoms with van der Waals surface area (Å²) < 4.78 is 10.9. The highest BCUT2D eigenvalue weighted by Gasteiger charge is 2.13. The Balaban J connectivity index is 1.48. The van der Waals surface area contributed by atoms with E-state index in [1.807, 2.05) is 6.07 Å². The molecule has 0 saturated carbocycles. The maximum atomic E-state index is 12.0. The van der Waals surface area contributed by atoms with Gasteiger partial charge >= 0.3 is 0 Å². The first-order valence-electron chi connectivity index (χ1n) is 8.13. The monoisotopic (exact) mass is 351 g/mol. The summed E-state index contributed by atoms with van der Waals surface area (Å²) in [5, 5.41) is 14.3.